The maximum atomic E-state index is 12.4. The van der Waals surface area contributed by atoms with Gasteiger partial charge in [0, 0.05) is 31.9 Å². The summed E-state index contributed by atoms with van der Waals surface area (Å²) >= 11 is 0. The lowest BCUT2D eigenvalue weighted by Crippen LogP contribution is -2.47. The predicted octanol–water partition coefficient (Wildman–Crippen LogP) is 0.955. The Morgan fingerprint density at radius 3 is 2.89 bits per heavy atom. The molecular formula is C14H19N3O2. The Kier molecular flexibility index (Phi) is 4.14. The molecule has 0 aromatic carbocycles. The van der Waals surface area contributed by atoms with E-state index in [-0.39, 0.29) is 17.7 Å². The van der Waals surface area contributed by atoms with Gasteiger partial charge < -0.3 is 10.2 Å². The van der Waals surface area contributed by atoms with Crippen LogP contribution in [0, 0.1) is 5.92 Å². The van der Waals surface area contributed by atoms with Gasteiger partial charge in [-0.25, -0.2) is 0 Å². The summed E-state index contributed by atoms with van der Waals surface area (Å²) in [6.45, 7) is 4.85. The number of hydrogen-bond acceptors (Lipinski definition) is 3. The summed E-state index contributed by atoms with van der Waals surface area (Å²) < 4.78 is 0. The third-order valence-corrected chi connectivity index (χ3v) is 3.27. The first-order valence-corrected chi connectivity index (χ1v) is 6.55. The van der Waals surface area contributed by atoms with Gasteiger partial charge in [0.05, 0.1) is 0 Å². The van der Waals surface area contributed by atoms with Crippen LogP contribution >= 0.6 is 0 Å². The smallest absolute Gasteiger partial charge is 0.245 e. The van der Waals surface area contributed by atoms with Crippen LogP contribution in [0.3, 0.4) is 0 Å². The third kappa shape index (κ3) is 3.30. The van der Waals surface area contributed by atoms with Crippen LogP contribution in [0.5, 0.6) is 0 Å². The van der Waals surface area contributed by atoms with Crippen LogP contribution in [0.25, 0.3) is 0 Å². The van der Waals surface area contributed by atoms with E-state index >= 15 is 0 Å². The number of carbonyl (C=O) groups excluding carboxylic acids is 2. The van der Waals surface area contributed by atoms with Crippen LogP contribution < -0.4 is 5.32 Å². The highest BCUT2D eigenvalue weighted by Gasteiger charge is 2.31. The molecule has 0 aliphatic carbocycles. The molecule has 19 heavy (non-hydrogen) atoms. The van der Waals surface area contributed by atoms with Gasteiger partial charge in [0.25, 0.3) is 0 Å². The number of nitrogens with zero attached hydrogens (tertiary/aromatic N) is 2. The molecule has 1 aliphatic heterocycles. The molecule has 0 spiro atoms. The van der Waals surface area contributed by atoms with Crippen LogP contribution in [0.15, 0.2) is 24.5 Å². The minimum Gasteiger partial charge on any atom is -0.344 e. The molecule has 1 aliphatic rings. The van der Waals surface area contributed by atoms with E-state index in [0.717, 1.165) is 5.56 Å². The zero-order chi connectivity index (χ0) is 13.8. The van der Waals surface area contributed by atoms with Gasteiger partial charge in [-0.05, 0) is 17.5 Å². The SMILES string of the molecule is CC(C)C1NC(=O)CCN(Cc2cccnc2)C1=O. The lowest BCUT2D eigenvalue weighted by molar-refractivity contribution is -0.135. The molecule has 2 heterocycles. The molecule has 1 aromatic rings. The first-order chi connectivity index (χ1) is 9.08. The summed E-state index contributed by atoms with van der Waals surface area (Å²) in [7, 11) is 0. The van der Waals surface area contributed by atoms with E-state index in [1.54, 1.807) is 17.3 Å². The first-order valence-electron chi connectivity index (χ1n) is 6.55. The Morgan fingerprint density at radius 1 is 1.47 bits per heavy atom. The standard InChI is InChI=1S/C14H19N3O2/c1-10(2)13-14(19)17(7-5-12(18)16-13)9-11-4-3-6-15-8-11/h3-4,6,8,10,13H,5,7,9H2,1-2H3,(H,16,18). The second-order valence-electron chi connectivity index (χ2n) is 5.16. The largest absolute Gasteiger partial charge is 0.344 e. The Hall–Kier alpha value is -1.91. The molecule has 1 unspecified atom stereocenters. The Morgan fingerprint density at radius 2 is 2.26 bits per heavy atom. The topological polar surface area (TPSA) is 62.3 Å². The number of amides is 2. The van der Waals surface area contributed by atoms with Gasteiger partial charge in [0.2, 0.25) is 11.8 Å². The van der Waals surface area contributed by atoms with Gasteiger partial charge in [-0.1, -0.05) is 19.9 Å². The summed E-state index contributed by atoms with van der Waals surface area (Å²) in [5.41, 5.74) is 0.979. The highest BCUT2D eigenvalue weighted by molar-refractivity contribution is 5.90. The summed E-state index contributed by atoms with van der Waals surface area (Å²) in [5.74, 6) is 0.0244. The Balaban J connectivity index is 2.14. The van der Waals surface area contributed by atoms with Crippen LogP contribution in [0.1, 0.15) is 25.8 Å². The monoisotopic (exact) mass is 261 g/mol. The van der Waals surface area contributed by atoms with Crippen molar-refractivity contribution in [1.29, 1.82) is 0 Å². The average molecular weight is 261 g/mol. The van der Waals surface area contributed by atoms with Crippen molar-refractivity contribution >= 4 is 11.8 Å². The maximum Gasteiger partial charge on any atom is 0.245 e. The summed E-state index contributed by atoms with van der Waals surface area (Å²) in [4.78, 5) is 29.8. The molecule has 5 heteroatoms. The number of aromatic nitrogens is 1. The van der Waals surface area contributed by atoms with Crippen molar-refractivity contribution in [2.24, 2.45) is 5.92 Å². The van der Waals surface area contributed by atoms with E-state index < -0.39 is 6.04 Å². The average Bonchev–Trinajstić information content (AvgIpc) is 2.53. The second kappa shape index (κ2) is 5.82. The molecule has 1 saturated heterocycles. The van der Waals surface area contributed by atoms with Crippen LogP contribution in [0.2, 0.25) is 0 Å². The van der Waals surface area contributed by atoms with Crippen molar-refractivity contribution in [3.8, 4) is 0 Å². The molecule has 1 N–H and O–H groups in total. The van der Waals surface area contributed by atoms with Crippen molar-refractivity contribution in [3.05, 3.63) is 30.1 Å². The van der Waals surface area contributed by atoms with E-state index in [1.807, 2.05) is 26.0 Å². The van der Waals surface area contributed by atoms with Gasteiger partial charge >= 0.3 is 0 Å². The zero-order valence-electron chi connectivity index (χ0n) is 11.3. The molecule has 1 aromatic heterocycles. The number of rotatable bonds is 3. The van der Waals surface area contributed by atoms with Crippen LogP contribution in [-0.4, -0.2) is 34.3 Å². The molecule has 5 nitrogen and oxygen atoms in total. The number of hydrogen-bond donors (Lipinski definition) is 1. The highest BCUT2D eigenvalue weighted by atomic mass is 16.2. The summed E-state index contributed by atoms with van der Waals surface area (Å²) in [6, 6.07) is 3.36. The van der Waals surface area contributed by atoms with E-state index in [0.29, 0.717) is 19.5 Å². The third-order valence-electron chi connectivity index (χ3n) is 3.27. The Bertz CT molecular complexity index is 459. The predicted molar refractivity (Wildman–Crippen MR) is 71.0 cm³/mol. The fraction of sp³-hybridized carbons (Fsp3) is 0.500. The van der Waals surface area contributed by atoms with Crippen molar-refractivity contribution in [3.63, 3.8) is 0 Å². The number of pyridine rings is 1. The molecule has 2 rings (SSSR count). The zero-order valence-corrected chi connectivity index (χ0v) is 11.3. The normalized spacial score (nSPS) is 20.4. The molecule has 0 bridgehead atoms. The number of carbonyl (C=O) groups is 2. The molecule has 102 valence electrons. The minimum atomic E-state index is -0.424. The molecule has 1 fully saturated rings. The van der Waals surface area contributed by atoms with Crippen LogP contribution in [0.4, 0.5) is 0 Å². The van der Waals surface area contributed by atoms with E-state index in [1.165, 1.54) is 0 Å². The lowest BCUT2D eigenvalue weighted by Gasteiger charge is -2.26. The van der Waals surface area contributed by atoms with Gasteiger partial charge in [-0.3, -0.25) is 14.6 Å². The minimum absolute atomic E-state index is 0.00953. The van der Waals surface area contributed by atoms with E-state index in [9.17, 15) is 9.59 Å². The van der Waals surface area contributed by atoms with Crippen molar-refractivity contribution in [2.75, 3.05) is 6.54 Å². The van der Waals surface area contributed by atoms with Gasteiger partial charge in [-0.2, -0.15) is 0 Å². The van der Waals surface area contributed by atoms with Gasteiger partial charge in [0.1, 0.15) is 6.04 Å². The number of nitrogens with one attached hydrogen (secondary N) is 1. The molecule has 1 atom stereocenters. The van der Waals surface area contributed by atoms with Gasteiger partial charge in [-0.15, -0.1) is 0 Å². The lowest BCUT2D eigenvalue weighted by atomic mass is 10.0. The highest BCUT2D eigenvalue weighted by Crippen LogP contribution is 2.13. The van der Waals surface area contributed by atoms with E-state index in [4.69, 9.17) is 0 Å². The van der Waals surface area contributed by atoms with Crippen molar-refractivity contribution in [2.45, 2.75) is 32.9 Å². The van der Waals surface area contributed by atoms with E-state index in [2.05, 4.69) is 10.3 Å². The first kappa shape index (κ1) is 13.5. The van der Waals surface area contributed by atoms with Crippen molar-refractivity contribution < 1.29 is 9.59 Å². The maximum absolute atomic E-state index is 12.4. The molecular weight excluding hydrogens is 242 g/mol. The molecule has 0 saturated carbocycles. The summed E-state index contributed by atoms with van der Waals surface area (Å²) in [5, 5.41) is 2.80. The fourth-order valence-corrected chi connectivity index (χ4v) is 2.17. The molecule has 2 amide bonds. The Labute approximate surface area is 113 Å². The molecule has 0 radical (unpaired) electrons. The summed E-state index contributed by atoms with van der Waals surface area (Å²) in [6.07, 6.45) is 3.81. The van der Waals surface area contributed by atoms with Gasteiger partial charge in [0.15, 0.2) is 0 Å². The quantitative estimate of drug-likeness (QED) is 0.881. The fourth-order valence-electron chi connectivity index (χ4n) is 2.17. The van der Waals surface area contributed by atoms with Crippen molar-refractivity contribution in [1.82, 2.24) is 15.2 Å². The van der Waals surface area contributed by atoms with Crippen LogP contribution in [-0.2, 0) is 16.1 Å². The second-order valence-corrected chi connectivity index (χ2v) is 5.16.